The number of hydrogen-bond acceptors (Lipinski definition) is 7. The number of anilines is 1. The second-order valence-corrected chi connectivity index (χ2v) is 9.41. The van der Waals surface area contributed by atoms with Crippen molar-refractivity contribution in [3.05, 3.63) is 0 Å². The molecule has 2 aliphatic rings. The third kappa shape index (κ3) is 6.11. The number of amides is 1. The van der Waals surface area contributed by atoms with Gasteiger partial charge in [-0.15, -0.1) is 10.2 Å². The van der Waals surface area contributed by atoms with Gasteiger partial charge in [-0.25, -0.2) is 0 Å². The highest BCUT2D eigenvalue weighted by atomic mass is 32.2. The molecule has 0 bridgehead atoms. The van der Waals surface area contributed by atoms with Gasteiger partial charge in [0.05, 0.1) is 11.4 Å². The Morgan fingerprint density at radius 1 is 1.24 bits per heavy atom. The molecule has 2 fully saturated rings. The number of rotatable bonds is 7. The molecule has 0 spiro atoms. The quantitative estimate of drug-likeness (QED) is 0.554. The van der Waals surface area contributed by atoms with Crippen molar-refractivity contribution in [2.75, 3.05) is 18.5 Å². The molecule has 1 aromatic heterocycles. The van der Waals surface area contributed by atoms with Crippen molar-refractivity contribution in [3.8, 4) is 0 Å². The highest BCUT2D eigenvalue weighted by Gasteiger charge is 2.21. The van der Waals surface area contributed by atoms with Crippen LogP contribution in [-0.2, 0) is 9.53 Å². The molecule has 2 atom stereocenters. The van der Waals surface area contributed by atoms with E-state index in [1.807, 2.05) is 6.92 Å². The van der Waals surface area contributed by atoms with Crippen LogP contribution in [0.3, 0.4) is 0 Å². The van der Waals surface area contributed by atoms with E-state index in [0.717, 1.165) is 48.3 Å². The predicted molar refractivity (Wildman–Crippen MR) is 102 cm³/mol. The van der Waals surface area contributed by atoms with Gasteiger partial charge < -0.3 is 15.4 Å². The average Bonchev–Trinajstić information content (AvgIpc) is 3.21. The monoisotopic (exact) mass is 384 g/mol. The van der Waals surface area contributed by atoms with Crippen molar-refractivity contribution in [1.29, 1.82) is 0 Å². The molecule has 2 N–H and O–H groups in total. The van der Waals surface area contributed by atoms with E-state index < -0.39 is 0 Å². The lowest BCUT2D eigenvalue weighted by molar-refractivity contribution is -0.121. The Hall–Kier alpha value is -0.860. The number of thioether (sulfide) groups is 1. The van der Waals surface area contributed by atoms with Gasteiger partial charge in [-0.1, -0.05) is 48.8 Å². The van der Waals surface area contributed by atoms with E-state index in [1.165, 1.54) is 48.8 Å². The molecule has 3 rings (SSSR count). The number of carbonyl (C=O) groups excluding carboxylic acids is 1. The van der Waals surface area contributed by atoms with Crippen LogP contribution in [0, 0.1) is 0 Å². The van der Waals surface area contributed by atoms with Crippen LogP contribution in [0.2, 0.25) is 0 Å². The van der Waals surface area contributed by atoms with Crippen LogP contribution >= 0.6 is 23.1 Å². The molecular weight excluding hydrogens is 356 g/mol. The minimum absolute atomic E-state index is 0.112. The van der Waals surface area contributed by atoms with Gasteiger partial charge >= 0.3 is 0 Å². The molecule has 0 unspecified atom stereocenters. The summed E-state index contributed by atoms with van der Waals surface area (Å²) in [7, 11) is 0. The summed E-state index contributed by atoms with van der Waals surface area (Å²) in [6.07, 6.45) is 9.78. The van der Waals surface area contributed by atoms with E-state index in [2.05, 4.69) is 20.8 Å². The van der Waals surface area contributed by atoms with Crippen molar-refractivity contribution >= 4 is 34.1 Å². The van der Waals surface area contributed by atoms with Gasteiger partial charge in [0.15, 0.2) is 4.34 Å². The first-order valence-electron chi connectivity index (χ1n) is 9.37. The molecule has 8 heteroatoms. The minimum Gasteiger partial charge on any atom is -0.376 e. The Bertz CT molecular complexity index is 541. The maximum Gasteiger partial charge on any atom is 0.233 e. The van der Waals surface area contributed by atoms with Gasteiger partial charge in [0.25, 0.3) is 0 Å². The standard InChI is InChI=1S/C17H28N4O2S2/c1-12(15(22)19-13-7-4-2-3-5-8-13)24-17-21-20-16(25-17)18-11-14-9-6-10-23-14/h12-14H,2-11H2,1H3,(H,18,20)(H,19,22)/t12-,14-/m1/s1. The normalized spacial score (nSPS) is 23.2. The fraction of sp³-hybridized carbons (Fsp3) is 0.824. The number of ether oxygens (including phenoxy) is 1. The lowest BCUT2D eigenvalue weighted by atomic mass is 10.1. The molecule has 140 valence electrons. The van der Waals surface area contributed by atoms with E-state index in [-0.39, 0.29) is 17.3 Å². The molecule has 1 aliphatic carbocycles. The SMILES string of the molecule is C[C@@H](Sc1nnc(NC[C@H]2CCCO2)s1)C(=O)NC1CCCCCC1. The molecule has 2 heterocycles. The third-order valence-corrected chi connectivity index (χ3v) is 6.82. The van der Waals surface area contributed by atoms with Crippen LogP contribution in [0.25, 0.3) is 0 Å². The predicted octanol–water partition coefficient (Wildman–Crippen LogP) is 3.45. The Morgan fingerprint density at radius 2 is 2.04 bits per heavy atom. The van der Waals surface area contributed by atoms with Crippen molar-refractivity contribution < 1.29 is 9.53 Å². The molecule has 1 amide bonds. The summed E-state index contributed by atoms with van der Waals surface area (Å²) < 4.78 is 6.43. The summed E-state index contributed by atoms with van der Waals surface area (Å²) in [5.41, 5.74) is 0. The largest absolute Gasteiger partial charge is 0.376 e. The number of aromatic nitrogens is 2. The summed E-state index contributed by atoms with van der Waals surface area (Å²) in [5.74, 6) is 0.112. The molecule has 1 aromatic rings. The Balaban J connectivity index is 1.42. The second kappa shape index (κ2) is 9.73. The molecule has 25 heavy (non-hydrogen) atoms. The zero-order valence-corrected chi connectivity index (χ0v) is 16.5. The number of hydrogen-bond donors (Lipinski definition) is 2. The average molecular weight is 385 g/mol. The molecule has 0 radical (unpaired) electrons. The van der Waals surface area contributed by atoms with Crippen LogP contribution in [0.5, 0.6) is 0 Å². The van der Waals surface area contributed by atoms with E-state index in [4.69, 9.17) is 4.74 Å². The Labute approximate surface area is 157 Å². The van der Waals surface area contributed by atoms with Gasteiger partial charge in [0.1, 0.15) is 0 Å². The van der Waals surface area contributed by atoms with Crippen LogP contribution in [0.15, 0.2) is 4.34 Å². The fourth-order valence-corrected chi connectivity index (χ4v) is 5.19. The highest BCUT2D eigenvalue weighted by molar-refractivity contribution is 8.02. The number of carbonyl (C=O) groups is 1. The topological polar surface area (TPSA) is 76.1 Å². The molecule has 6 nitrogen and oxygen atoms in total. The van der Waals surface area contributed by atoms with E-state index in [9.17, 15) is 4.79 Å². The van der Waals surface area contributed by atoms with E-state index >= 15 is 0 Å². The lowest BCUT2D eigenvalue weighted by Gasteiger charge is -2.18. The molecule has 0 aromatic carbocycles. The van der Waals surface area contributed by atoms with Crippen LogP contribution in [0.1, 0.15) is 58.3 Å². The van der Waals surface area contributed by atoms with Crippen LogP contribution in [-0.4, -0.2) is 46.7 Å². The Morgan fingerprint density at radius 3 is 2.76 bits per heavy atom. The summed E-state index contributed by atoms with van der Waals surface area (Å²) in [6.45, 7) is 3.58. The van der Waals surface area contributed by atoms with Crippen molar-refractivity contribution in [1.82, 2.24) is 15.5 Å². The number of nitrogens with one attached hydrogen (secondary N) is 2. The first-order valence-corrected chi connectivity index (χ1v) is 11.1. The van der Waals surface area contributed by atoms with Gasteiger partial charge in [-0.05, 0) is 32.6 Å². The Kier molecular flexibility index (Phi) is 7.36. The molecular formula is C17H28N4O2S2. The van der Waals surface area contributed by atoms with Gasteiger partial charge in [0, 0.05) is 19.2 Å². The molecule has 1 aliphatic heterocycles. The zero-order valence-electron chi connectivity index (χ0n) is 14.8. The van der Waals surface area contributed by atoms with Gasteiger partial charge in [0.2, 0.25) is 11.0 Å². The number of nitrogens with zero attached hydrogens (tertiary/aromatic N) is 2. The van der Waals surface area contributed by atoms with Crippen molar-refractivity contribution in [3.63, 3.8) is 0 Å². The van der Waals surface area contributed by atoms with Crippen LogP contribution < -0.4 is 10.6 Å². The second-order valence-electron chi connectivity index (χ2n) is 6.85. The fourth-order valence-electron chi connectivity index (χ4n) is 3.28. The molecule has 1 saturated carbocycles. The third-order valence-electron chi connectivity index (χ3n) is 4.76. The van der Waals surface area contributed by atoms with Crippen LogP contribution in [0.4, 0.5) is 5.13 Å². The highest BCUT2D eigenvalue weighted by Crippen LogP contribution is 2.29. The first-order chi connectivity index (χ1) is 12.2. The van der Waals surface area contributed by atoms with Gasteiger partial charge in [-0.3, -0.25) is 4.79 Å². The van der Waals surface area contributed by atoms with E-state index in [0.29, 0.717) is 6.04 Å². The first kappa shape index (κ1) is 18.9. The lowest BCUT2D eigenvalue weighted by Crippen LogP contribution is -2.39. The van der Waals surface area contributed by atoms with Gasteiger partial charge in [-0.2, -0.15) is 0 Å². The minimum atomic E-state index is -0.151. The smallest absolute Gasteiger partial charge is 0.233 e. The molecule has 1 saturated heterocycles. The summed E-state index contributed by atoms with van der Waals surface area (Å²) in [5, 5.41) is 15.5. The van der Waals surface area contributed by atoms with E-state index in [1.54, 1.807) is 0 Å². The summed E-state index contributed by atoms with van der Waals surface area (Å²) in [4.78, 5) is 12.4. The van der Waals surface area contributed by atoms with Crippen molar-refractivity contribution in [2.24, 2.45) is 0 Å². The maximum absolute atomic E-state index is 12.4. The maximum atomic E-state index is 12.4. The van der Waals surface area contributed by atoms with Crippen molar-refractivity contribution in [2.45, 2.75) is 80.0 Å². The summed E-state index contributed by atoms with van der Waals surface area (Å²) in [6, 6.07) is 0.344. The zero-order chi connectivity index (χ0) is 17.5. The summed E-state index contributed by atoms with van der Waals surface area (Å²) >= 11 is 2.99.